The number of hydrogen-bond donors (Lipinski definition) is 2. The van der Waals surface area contributed by atoms with Crippen LogP contribution in [-0.2, 0) is 10.0 Å². The first-order chi connectivity index (χ1) is 17.4. The monoisotopic (exact) mass is 579 g/mol. The van der Waals surface area contributed by atoms with E-state index >= 15 is 0 Å². The van der Waals surface area contributed by atoms with Crippen LogP contribution in [0.15, 0.2) is 70.7 Å². The molecule has 0 fully saturated rings. The van der Waals surface area contributed by atoms with Crippen molar-refractivity contribution in [1.82, 2.24) is 5.43 Å². The summed E-state index contributed by atoms with van der Waals surface area (Å²) >= 11 is 11.9. The molecule has 37 heavy (non-hydrogen) atoms. The molecule has 0 heterocycles. The molecule has 0 aromatic heterocycles. The van der Waals surface area contributed by atoms with Crippen LogP contribution in [0.1, 0.15) is 15.9 Å². The maximum atomic E-state index is 12.8. The molecule has 0 aliphatic carbocycles. The maximum absolute atomic E-state index is 12.8. The van der Waals surface area contributed by atoms with E-state index < -0.39 is 40.7 Å². The van der Waals surface area contributed by atoms with E-state index in [9.17, 15) is 30.8 Å². The number of alkyl halides is 4. The van der Waals surface area contributed by atoms with E-state index in [0.29, 0.717) is 0 Å². The minimum Gasteiger partial charge on any atom is -0.435 e. The zero-order chi connectivity index (χ0) is 27.2. The van der Waals surface area contributed by atoms with Crippen molar-refractivity contribution < 1.29 is 40.2 Å². The van der Waals surface area contributed by atoms with Gasteiger partial charge >= 0.3 is 13.2 Å². The molecule has 15 heteroatoms. The Morgan fingerprint density at radius 3 is 2.38 bits per heavy atom. The largest absolute Gasteiger partial charge is 0.435 e. The molecule has 2 N–H and O–H groups in total. The summed E-state index contributed by atoms with van der Waals surface area (Å²) in [5, 5.41) is 3.96. The molecule has 0 radical (unpaired) electrons. The van der Waals surface area contributed by atoms with Gasteiger partial charge in [-0.25, -0.2) is 13.8 Å². The molecular formula is C22H15Cl2F4N3O5S. The first-order valence-electron chi connectivity index (χ1n) is 9.89. The number of sulfonamides is 1. The smallest absolute Gasteiger partial charge is 0.387 e. The first-order valence-corrected chi connectivity index (χ1v) is 12.1. The van der Waals surface area contributed by atoms with E-state index in [1.807, 2.05) is 0 Å². The highest BCUT2D eigenvalue weighted by atomic mass is 35.5. The third-order valence-electron chi connectivity index (χ3n) is 4.38. The number of hydrogen-bond acceptors (Lipinski definition) is 6. The second-order valence-electron chi connectivity index (χ2n) is 6.91. The molecule has 0 aliphatic heterocycles. The maximum Gasteiger partial charge on any atom is 0.387 e. The molecule has 0 saturated carbocycles. The van der Waals surface area contributed by atoms with E-state index in [2.05, 4.69) is 24.7 Å². The molecule has 3 rings (SSSR count). The Kier molecular flexibility index (Phi) is 9.18. The van der Waals surface area contributed by atoms with Gasteiger partial charge in [0, 0.05) is 22.2 Å². The molecule has 8 nitrogen and oxygen atoms in total. The van der Waals surface area contributed by atoms with Gasteiger partial charge in [0.05, 0.1) is 21.8 Å². The van der Waals surface area contributed by atoms with Crippen LogP contribution in [0.5, 0.6) is 11.5 Å². The lowest BCUT2D eigenvalue weighted by Crippen LogP contribution is -2.19. The van der Waals surface area contributed by atoms with E-state index in [0.717, 1.165) is 30.5 Å². The zero-order valence-corrected chi connectivity index (χ0v) is 20.5. The Hall–Kier alpha value is -3.55. The Morgan fingerprint density at radius 2 is 1.68 bits per heavy atom. The summed E-state index contributed by atoms with van der Waals surface area (Å²) in [5.74, 6) is -1.81. The number of anilines is 1. The fourth-order valence-electron chi connectivity index (χ4n) is 2.80. The predicted molar refractivity (Wildman–Crippen MR) is 128 cm³/mol. The van der Waals surface area contributed by atoms with Crippen molar-refractivity contribution in [3.05, 3.63) is 81.8 Å². The minimum absolute atomic E-state index is 0.0282. The number of carbonyl (C=O) groups excluding carboxylic acids is 1. The van der Waals surface area contributed by atoms with Gasteiger partial charge in [0.15, 0.2) is 0 Å². The van der Waals surface area contributed by atoms with E-state index in [1.165, 1.54) is 36.4 Å². The summed E-state index contributed by atoms with van der Waals surface area (Å²) in [6, 6.07) is 12.1. The molecule has 0 aliphatic rings. The van der Waals surface area contributed by atoms with Crippen molar-refractivity contribution in [2.75, 3.05) is 4.72 Å². The highest BCUT2D eigenvalue weighted by Crippen LogP contribution is 2.28. The van der Waals surface area contributed by atoms with Crippen LogP contribution in [0.25, 0.3) is 0 Å². The van der Waals surface area contributed by atoms with Crippen LogP contribution in [0.3, 0.4) is 0 Å². The molecular weight excluding hydrogens is 565 g/mol. The van der Waals surface area contributed by atoms with Crippen molar-refractivity contribution in [2.24, 2.45) is 5.10 Å². The van der Waals surface area contributed by atoms with E-state index in [-0.39, 0.29) is 31.8 Å². The van der Waals surface area contributed by atoms with Crippen LogP contribution in [0.4, 0.5) is 23.2 Å². The molecule has 1 amide bonds. The summed E-state index contributed by atoms with van der Waals surface area (Å²) in [5.41, 5.74) is 1.92. The summed E-state index contributed by atoms with van der Waals surface area (Å²) in [7, 11) is -4.17. The van der Waals surface area contributed by atoms with Gasteiger partial charge in [-0.3, -0.25) is 9.52 Å². The lowest BCUT2D eigenvalue weighted by Gasteiger charge is -2.11. The summed E-state index contributed by atoms with van der Waals surface area (Å²) in [6.45, 7) is -6.46. The number of nitrogens with one attached hydrogen (secondary N) is 2. The third kappa shape index (κ3) is 7.97. The molecule has 0 bridgehead atoms. The van der Waals surface area contributed by atoms with Gasteiger partial charge in [0.25, 0.3) is 15.9 Å². The Balaban J connectivity index is 1.76. The number of ether oxygens (including phenoxy) is 2. The standard InChI is InChI=1S/C22H15Cl2F4N3O5S/c23-14-5-7-17(24)18(9-14)31-37(33,34)16-3-1-2-12(8-16)20(32)30-29-11-13-4-6-15(35-21(25)26)10-19(13)36-22(27)28/h1-11,21-22,31H,(H,30,32)/b29-11-. The molecule has 0 unspecified atom stereocenters. The summed E-state index contributed by atoms with van der Waals surface area (Å²) < 4.78 is 86.3. The lowest BCUT2D eigenvalue weighted by molar-refractivity contribution is -0.0543. The molecule has 0 spiro atoms. The third-order valence-corrected chi connectivity index (χ3v) is 6.30. The van der Waals surface area contributed by atoms with Crippen molar-refractivity contribution >= 4 is 51.0 Å². The number of amides is 1. The van der Waals surface area contributed by atoms with Crippen LogP contribution in [0, 0.1) is 0 Å². The van der Waals surface area contributed by atoms with Gasteiger partial charge in [-0.05, 0) is 48.5 Å². The van der Waals surface area contributed by atoms with Crippen molar-refractivity contribution in [3.63, 3.8) is 0 Å². The zero-order valence-electron chi connectivity index (χ0n) is 18.2. The SMILES string of the molecule is O=C(N/N=C\c1ccc(OC(F)F)cc1OC(F)F)c1cccc(S(=O)(=O)Nc2cc(Cl)ccc2Cl)c1. The van der Waals surface area contributed by atoms with Gasteiger partial charge in [0.1, 0.15) is 11.5 Å². The Morgan fingerprint density at radius 1 is 0.946 bits per heavy atom. The van der Waals surface area contributed by atoms with Crippen molar-refractivity contribution in [1.29, 1.82) is 0 Å². The summed E-state index contributed by atoms with van der Waals surface area (Å²) in [4.78, 5) is 12.2. The average molecular weight is 580 g/mol. The highest BCUT2D eigenvalue weighted by molar-refractivity contribution is 7.92. The quantitative estimate of drug-likeness (QED) is 0.180. The van der Waals surface area contributed by atoms with E-state index in [1.54, 1.807) is 0 Å². The van der Waals surface area contributed by atoms with Gasteiger partial charge in [-0.15, -0.1) is 0 Å². The van der Waals surface area contributed by atoms with Crippen LogP contribution >= 0.6 is 23.2 Å². The number of benzene rings is 3. The molecule has 3 aromatic carbocycles. The topological polar surface area (TPSA) is 106 Å². The predicted octanol–water partition coefficient (Wildman–Crippen LogP) is 5.76. The molecule has 0 saturated heterocycles. The van der Waals surface area contributed by atoms with Crippen LogP contribution in [-0.4, -0.2) is 33.8 Å². The highest BCUT2D eigenvalue weighted by Gasteiger charge is 2.18. The average Bonchev–Trinajstić information content (AvgIpc) is 2.82. The van der Waals surface area contributed by atoms with Crippen molar-refractivity contribution in [2.45, 2.75) is 18.1 Å². The van der Waals surface area contributed by atoms with Gasteiger partial charge in [0.2, 0.25) is 0 Å². The van der Waals surface area contributed by atoms with Crippen LogP contribution in [0.2, 0.25) is 10.0 Å². The lowest BCUT2D eigenvalue weighted by atomic mass is 10.2. The fourth-order valence-corrected chi connectivity index (χ4v) is 4.31. The Labute approximate surface area is 217 Å². The van der Waals surface area contributed by atoms with Gasteiger partial charge < -0.3 is 9.47 Å². The number of carbonyl (C=O) groups is 1. The van der Waals surface area contributed by atoms with Gasteiger partial charge in [-0.2, -0.15) is 22.7 Å². The first kappa shape index (κ1) is 28.0. The number of rotatable bonds is 10. The minimum atomic E-state index is -4.17. The number of hydrazone groups is 1. The molecule has 3 aromatic rings. The van der Waals surface area contributed by atoms with Crippen molar-refractivity contribution in [3.8, 4) is 11.5 Å². The normalized spacial score (nSPS) is 11.7. The van der Waals surface area contributed by atoms with Crippen LogP contribution < -0.4 is 19.6 Å². The number of nitrogens with zero attached hydrogens (tertiary/aromatic N) is 1. The fraction of sp³-hybridized carbons (Fsp3) is 0.0909. The molecule has 196 valence electrons. The summed E-state index contributed by atoms with van der Waals surface area (Å²) in [6.07, 6.45) is 0.922. The second kappa shape index (κ2) is 12.1. The molecule has 0 atom stereocenters. The number of halogens is 6. The van der Waals surface area contributed by atoms with Gasteiger partial charge in [-0.1, -0.05) is 29.3 Å². The van der Waals surface area contributed by atoms with E-state index in [4.69, 9.17) is 23.2 Å². The second-order valence-corrected chi connectivity index (χ2v) is 9.44. The Bertz CT molecular complexity index is 1430.